The van der Waals surface area contributed by atoms with Crippen LogP contribution in [0.2, 0.25) is 0 Å². The van der Waals surface area contributed by atoms with Crippen molar-refractivity contribution in [3.05, 3.63) is 133 Å². The van der Waals surface area contributed by atoms with Crippen LogP contribution in [0.1, 0.15) is 5.56 Å². The Balaban J connectivity index is 0.000000937. The maximum atomic E-state index is 11.5. The summed E-state index contributed by atoms with van der Waals surface area (Å²) in [7, 11) is 9.78. The van der Waals surface area contributed by atoms with Crippen molar-refractivity contribution in [3.8, 4) is 28.0 Å². The van der Waals surface area contributed by atoms with Gasteiger partial charge in [-0.3, -0.25) is 4.99 Å². The van der Waals surface area contributed by atoms with Crippen molar-refractivity contribution in [2.45, 2.75) is 0 Å². The van der Waals surface area contributed by atoms with E-state index in [2.05, 4.69) is 77.8 Å². The van der Waals surface area contributed by atoms with Crippen LogP contribution in [0.5, 0.6) is 5.75 Å². The third-order valence-corrected chi connectivity index (χ3v) is 6.39. The molecule has 2 nitrogen and oxygen atoms in total. The SMILES string of the molecule is Oc1c(C=Nc2ccccc2)cc(-c2ccccc2)cc1-c1cccc2cc3ccccc3cc12.[Cl][Ti][Cl]. The molecule has 0 aliphatic heterocycles. The summed E-state index contributed by atoms with van der Waals surface area (Å²) < 4.78 is 0. The van der Waals surface area contributed by atoms with Crippen LogP contribution >= 0.6 is 18.6 Å². The van der Waals surface area contributed by atoms with E-state index in [1.54, 1.807) is 6.21 Å². The van der Waals surface area contributed by atoms with Gasteiger partial charge in [0.15, 0.2) is 0 Å². The van der Waals surface area contributed by atoms with Gasteiger partial charge in [-0.2, -0.15) is 0 Å². The zero-order valence-corrected chi connectivity index (χ0v) is 23.4. The molecule has 6 aromatic carbocycles. The van der Waals surface area contributed by atoms with Crippen LogP contribution in [0.25, 0.3) is 43.8 Å². The van der Waals surface area contributed by atoms with Gasteiger partial charge in [-0.25, -0.2) is 0 Å². The summed E-state index contributed by atoms with van der Waals surface area (Å²) >= 11 is -0.556. The van der Waals surface area contributed by atoms with Crippen molar-refractivity contribution in [1.29, 1.82) is 0 Å². The number of rotatable bonds is 4. The minimum atomic E-state index is -0.556. The number of halogens is 2. The van der Waals surface area contributed by atoms with Crippen molar-refractivity contribution in [2.24, 2.45) is 4.99 Å². The van der Waals surface area contributed by atoms with Crippen LogP contribution < -0.4 is 0 Å². The van der Waals surface area contributed by atoms with Crippen LogP contribution in [-0.2, 0) is 17.0 Å². The van der Waals surface area contributed by atoms with Crippen molar-refractivity contribution in [2.75, 3.05) is 0 Å². The van der Waals surface area contributed by atoms with Gasteiger partial charge in [0.05, 0.1) is 5.69 Å². The summed E-state index contributed by atoms with van der Waals surface area (Å²) in [5, 5.41) is 16.1. The Labute approximate surface area is 238 Å². The first kappa shape index (κ1) is 26.2. The molecular formula is C33H23Cl2NOTi. The number of phenols is 1. The molecule has 0 aliphatic rings. The fraction of sp³-hybridized carbons (Fsp3) is 0. The fourth-order valence-electron chi connectivity index (χ4n) is 4.62. The predicted molar refractivity (Wildman–Crippen MR) is 159 cm³/mol. The van der Waals surface area contributed by atoms with E-state index >= 15 is 0 Å². The molecule has 0 unspecified atom stereocenters. The summed E-state index contributed by atoms with van der Waals surface area (Å²) in [6, 6.07) is 43.2. The second-order valence-electron chi connectivity index (χ2n) is 8.72. The number of para-hydroxylation sites is 1. The molecule has 0 atom stereocenters. The van der Waals surface area contributed by atoms with Gasteiger partial charge in [0.25, 0.3) is 0 Å². The Bertz CT molecular complexity index is 1720. The molecule has 0 fully saturated rings. The van der Waals surface area contributed by atoms with E-state index in [0.29, 0.717) is 5.56 Å². The van der Waals surface area contributed by atoms with E-state index in [-0.39, 0.29) is 5.75 Å². The molecule has 0 heterocycles. The first-order valence-electron chi connectivity index (χ1n) is 12.1. The van der Waals surface area contributed by atoms with Crippen molar-refractivity contribution >= 4 is 52.1 Å². The molecule has 184 valence electrons. The van der Waals surface area contributed by atoms with Gasteiger partial charge >= 0.3 is 35.6 Å². The molecule has 0 radical (unpaired) electrons. The Morgan fingerprint density at radius 2 is 1.18 bits per heavy atom. The molecular weight excluding hydrogens is 545 g/mol. The molecule has 0 amide bonds. The fourth-order valence-corrected chi connectivity index (χ4v) is 4.62. The predicted octanol–water partition coefficient (Wildman–Crippen LogP) is 10.2. The van der Waals surface area contributed by atoms with Gasteiger partial charge in [0, 0.05) is 17.3 Å². The summed E-state index contributed by atoms with van der Waals surface area (Å²) in [5.74, 6) is 0.227. The topological polar surface area (TPSA) is 32.6 Å². The van der Waals surface area contributed by atoms with Crippen LogP contribution in [0.4, 0.5) is 5.69 Å². The van der Waals surface area contributed by atoms with Crippen LogP contribution in [-0.4, -0.2) is 11.3 Å². The van der Waals surface area contributed by atoms with Gasteiger partial charge in [0.2, 0.25) is 0 Å². The van der Waals surface area contributed by atoms with Gasteiger partial charge in [-0.1, -0.05) is 91.0 Å². The Morgan fingerprint density at radius 3 is 1.89 bits per heavy atom. The number of hydrogen-bond acceptors (Lipinski definition) is 2. The van der Waals surface area contributed by atoms with Gasteiger partial charge in [-0.15, -0.1) is 0 Å². The molecule has 1 N–H and O–H groups in total. The minimum absolute atomic E-state index is 0.227. The summed E-state index contributed by atoms with van der Waals surface area (Å²) in [4.78, 5) is 4.63. The number of benzene rings is 6. The number of aliphatic imine (C=N–C) groups is 1. The van der Waals surface area contributed by atoms with Crippen LogP contribution in [0.3, 0.4) is 0 Å². The zero-order chi connectivity index (χ0) is 26.3. The molecule has 0 aromatic heterocycles. The molecule has 0 spiro atoms. The average Bonchev–Trinajstić information content (AvgIpc) is 2.97. The van der Waals surface area contributed by atoms with E-state index in [0.717, 1.165) is 38.7 Å². The van der Waals surface area contributed by atoms with Gasteiger partial charge in [0.1, 0.15) is 5.75 Å². The second-order valence-corrected chi connectivity index (χ2v) is 11.3. The number of fused-ring (bicyclic) bond motifs is 2. The molecule has 6 aromatic rings. The molecule has 0 aliphatic carbocycles. The number of phenolic OH excluding ortho intramolecular Hbond substituents is 1. The van der Waals surface area contributed by atoms with Crippen LogP contribution in [0, 0.1) is 0 Å². The molecule has 0 bridgehead atoms. The monoisotopic (exact) mass is 567 g/mol. The normalized spacial score (nSPS) is 10.9. The maximum absolute atomic E-state index is 11.5. The first-order valence-corrected chi connectivity index (χ1v) is 16.4. The van der Waals surface area contributed by atoms with Crippen molar-refractivity contribution in [1.82, 2.24) is 0 Å². The number of hydrogen-bond donors (Lipinski definition) is 1. The Morgan fingerprint density at radius 1 is 0.579 bits per heavy atom. The molecule has 5 heteroatoms. The number of nitrogens with zero attached hydrogens (tertiary/aromatic N) is 1. The molecule has 38 heavy (non-hydrogen) atoms. The van der Waals surface area contributed by atoms with Gasteiger partial charge in [-0.05, 0) is 74.6 Å². The number of aromatic hydroxyl groups is 1. The van der Waals surface area contributed by atoms with E-state index in [4.69, 9.17) is 18.6 Å². The summed E-state index contributed by atoms with van der Waals surface area (Å²) in [6.45, 7) is 0. The summed E-state index contributed by atoms with van der Waals surface area (Å²) in [6.07, 6.45) is 1.75. The molecule has 0 saturated carbocycles. The van der Waals surface area contributed by atoms with E-state index in [1.165, 1.54) is 10.8 Å². The second kappa shape index (κ2) is 12.4. The zero-order valence-electron chi connectivity index (χ0n) is 20.4. The average molecular weight is 568 g/mol. The third kappa shape index (κ3) is 5.85. The van der Waals surface area contributed by atoms with Crippen molar-refractivity contribution < 1.29 is 22.1 Å². The van der Waals surface area contributed by atoms with Gasteiger partial charge < -0.3 is 5.11 Å². The first-order chi connectivity index (χ1) is 18.7. The van der Waals surface area contributed by atoms with E-state index in [1.807, 2.05) is 54.6 Å². The molecule has 0 saturated heterocycles. The summed E-state index contributed by atoms with van der Waals surface area (Å²) in [5.41, 5.74) is 5.44. The Hall–Kier alpha value is -3.40. The van der Waals surface area contributed by atoms with Crippen LogP contribution in [0.15, 0.2) is 132 Å². The standard InChI is InChI=1S/C33H23NO.2ClH.Ti/c35-33-28(22-34-29-15-5-2-6-16-29)19-27(23-10-3-1-4-11-23)21-32(33)30-17-9-14-26-18-24-12-7-8-13-25(24)20-31(26)30;;;/h1-22,35H;2*1H;/q;;;+2/p-2. The van der Waals surface area contributed by atoms with Crippen molar-refractivity contribution in [3.63, 3.8) is 0 Å². The van der Waals surface area contributed by atoms with E-state index in [9.17, 15) is 5.11 Å². The van der Waals surface area contributed by atoms with E-state index < -0.39 is 17.0 Å². The Kier molecular flexibility index (Phi) is 8.58. The molecule has 6 rings (SSSR count). The third-order valence-electron chi connectivity index (χ3n) is 6.39. The quantitative estimate of drug-likeness (QED) is 0.128.